The van der Waals surface area contributed by atoms with Crippen molar-refractivity contribution in [1.29, 1.82) is 0 Å². The van der Waals surface area contributed by atoms with Crippen molar-refractivity contribution in [3.8, 4) is 11.5 Å². The Morgan fingerprint density at radius 2 is 1.79 bits per heavy atom. The normalized spacial score (nSPS) is 11.6. The molecule has 0 aromatic heterocycles. The second-order valence-electron chi connectivity index (χ2n) is 7.40. The fourth-order valence-electron chi connectivity index (χ4n) is 3.06. The van der Waals surface area contributed by atoms with Crippen LogP contribution >= 0.6 is 11.6 Å². The monoisotopic (exact) mass is 501 g/mol. The van der Waals surface area contributed by atoms with E-state index in [1.807, 2.05) is 6.92 Å². The number of hydrazone groups is 1. The molecule has 0 aliphatic rings. The van der Waals surface area contributed by atoms with E-state index in [-0.39, 0.29) is 22.9 Å². The highest BCUT2D eigenvalue weighted by molar-refractivity contribution is 7.89. The number of hydrogen-bond donors (Lipinski definition) is 2. The summed E-state index contributed by atoms with van der Waals surface area (Å²) in [6.45, 7) is 1.34. The number of nitrogens with one attached hydrogen (secondary N) is 1. The molecule has 10 heteroatoms. The maximum atomic E-state index is 13.3. The number of nitrogens with zero attached hydrogens (tertiary/aromatic N) is 2. The number of phenols is 1. The molecule has 0 unspecified atom stereocenters. The Kier molecular flexibility index (Phi) is 8.27. The van der Waals surface area contributed by atoms with Crippen LogP contribution < -0.4 is 10.2 Å². The number of benzene rings is 3. The number of ether oxygens (including phenoxy) is 1. The van der Waals surface area contributed by atoms with Gasteiger partial charge in [-0.1, -0.05) is 47.5 Å². The first kappa shape index (κ1) is 25.2. The van der Waals surface area contributed by atoms with Crippen LogP contribution in [0.15, 0.2) is 76.7 Å². The van der Waals surface area contributed by atoms with E-state index in [2.05, 4.69) is 10.5 Å². The molecule has 178 valence electrons. The van der Waals surface area contributed by atoms with Gasteiger partial charge in [-0.15, -0.1) is 0 Å². The zero-order valence-corrected chi connectivity index (χ0v) is 20.2. The second kappa shape index (κ2) is 11.1. The molecule has 0 saturated heterocycles. The maximum absolute atomic E-state index is 13.3. The number of aromatic hydroxyl groups is 1. The third kappa shape index (κ3) is 6.34. The Balaban J connectivity index is 1.79. The molecule has 3 aromatic rings. The Labute approximate surface area is 203 Å². The standard InChI is InChI=1S/C24H24ClN3O5S/c1-17-6-12-21(13-7-17)34(31,32)28(15-18-8-10-20(25)11-9-18)16-23(29)27-26-14-19-4-3-5-22(33-2)24(19)30/h3-14,30H,15-16H2,1-2H3,(H,27,29). The first-order valence-electron chi connectivity index (χ1n) is 10.2. The predicted octanol–water partition coefficient (Wildman–Crippen LogP) is 3.70. The minimum absolute atomic E-state index is 0.0405. The third-order valence-electron chi connectivity index (χ3n) is 4.89. The summed E-state index contributed by atoms with van der Waals surface area (Å²) in [6.07, 6.45) is 1.24. The summed E-state index contributed by atoms with van der Waals surface area (Å²) >= 11 is 5.93. The van der Waals surface area contributed by atoms with E-state index < -0.39 is 22.5 Å². The number of carbonyl (C=O) groups is 1. The minimum Gasteiger partial charge on any atom is -0.504 e. The number of carbonyl (C=O) groups excluding carboxylic acids is 1. The van der Waals surface area contributed by atoms with E-state index in [4.69, 9.17) is 16.3 Å². The summed E-state index contributed by atoms with van der Waals surface area (Å²) < 4.78 is 32.7. The number of sulfonamides is 1. The van der Waals surface area contributed by atoms with Crippen molar-refractivity contribution < 1.29 is 23.1 Å². The summed E-state index contributed by atoms with van der Waals surface area (Å²) in [5.41, 5.74) is 4.21. The highest BCUT2D eigenvalue weighted by Crippen LogP contribution is 2.28. The molecule has 34 heavy (non-hydrogen) atoms. The molecule has 0 spiro atoms. The molecular weight excluding hydrogens is 478 g/mol. The molecule has 0 aliphatic heterocycles. The van der Waals surface area contributed by atoms with Crippen molar-refractivity contribution >= 4 is 33.7 Å². The van der Waals surface area contributed by atoms with E-state index >= 15 is 0 Å². The van der Waals surface area contributed by atoms with Gasteiger partial charge in [-0.25, -0.2) is 13.8 Å². The van der Waals surface area contributed by atoms with Crippen LogP contribution in [0.2, 0.25) is 5.02 Å². The molecule has 0 atom stereocenters. The van der Waals surface area contributed by atoms with Crippen molar-refractivity contribution in [3.63, 3.8) is 0 Å². The molecular formula is C24H24ClN3O5S. The van der Waals surface area contributed by atoms with Crippen LogP contribution in [0.1, 0.15) is 16.7 Å². The molecule has 2 N–H and O–H groups in total. The van der Waals surface area contributed by atoms with Crippen molar-refractivity contribution in [1.82, 2.24) is 9.73 Å². The average Bonchev–Trinajstić information content (AvgIpc) is 2.81. The second-order valence-corrected chi connectivity index (χ2v) is 9.78. The van der Waals surface area contributed by atoms with Gasteiger partial charge in [0.25, 0.3) is 5.91 Å². The zero-order chi connectivity index (χ0) is 24.7. The van der Waals surface area contributed by atoms with E-state index in [9.17, 15) is 18.3 Å². The van der Waals surface area contributed by atoms with E-state index in [0.29, 0.717) is 16.1 Å². The molecule has 1 amide bonds. The van der Waals surface area contributed by atoms with Gasteiger partial charge in [0.1, 0.15) is 0 Å². The predicted molar refractivity (Wildman–Crippen MR) is 131 cm³/mol. The number of halogens is 1. The molecule has 0 heterocycles. The Morgan fingerprint density at radius 1 is 1.12 bits per heavy atom. The lowest BCUT2D eigenvalue weighted by Gasteiger charge is -2.21. The fourth-order valence-corrected chi connectivity index (χ4v) is 4.57. The molecule has 0 radical (unpaired) electrons. The van der Waals surface area contributed by atoms with Crippen molar-refractivity contribution in [3.05, 3.63) is 88.4 Å². The molecule has 0 saturated carbocycles. The summed E-state index contributed by atoms with van der Waals surface area (Å²) in [5, 5.41) is 14.5. The van der Waals surface area contributed by atoms with E-state index in [1.165, 1.54) is 25.5 Å². The number of rotatable bonds is 9. The van der Waals surface area contributed by atoms with Crippen molar-refractivity contribution in [2.75, 3.05) is 13.7 Å². The van der Waals surface area contributed by atoms with Crippen LogP contribution in [0, 0.1) is 6.92 Å². The zero-order valence-electron chi connectivity index (χ0n) is 18.6. The Morgan fingerprint density at radius 3 is 2.44 bits per heavy atom. The van der Waals surface area contributed by atoms with Gasteiger partial charge >= 0.3 is 0 Å². The number of phenolic OH excluding ortho intramolecular Hbond substituents is 1. The molecule has 0 bridgehead atoms. The third-order valence-corrected chi connectivity index (χ3v) is 6.95. The highest BCUT2D eigenvalue weighted by Gasteiger charge is 2.27. The number of hydrogen-bond acceptors (Lipinski definition) is 6. The fraction of sp³-hybridized carbons (Fsp3) is 0.167. The van der Waals surface area contributed by atoms with Crippen LogP contribution in [0.3, 0.4) is 0 Å². The topological polar surface area (TPSA) is 108 Å². The number of amides is 1. The van der Waals surface area contributed by atoms with Gasteiger partial charge in [0, 0.05) is 17.1 Å². The first-order chi connectivity index (χ1) is 16.2. The largest absolute Gasteiger partial charge is 0.504 e. The van der Waals surface area contributed by atoms with E-state index in [1.54, 1.807) is 54.6 Å². The van der Waals surface area contributed by atoms with Gasteiger partial charge in [0.2, 0.25) is 10.0 Å². The van der Waals surface area contributed by atoms with E-state index in [0.717, 1.165) is 9.87 Å². The van der Waals surface area contributed by atoms with Gasteiger partial charge in [-0.3, -0.25) is 4.79 Å². The van der Waals surface area contributed by atoms with Gasteiger partial charge in [0.05, 0.1) is 24.8 Å². The van der Waals surface area contributed by atoms with Gasteiger partial charge < -0.3 is 9.84 Å². The Bertz CT molecular complexity index is 1280. The number of methoxy groups -OCH3 is 1. The van der Waals surface area contributed by atoms with Crippen molar-refractivity contribution in [2.45, 2.75) is 18.4 Å². The van der Waals surface area contributed by atoms with Gasteiger partial charge in [-0.2, -0.15) is 9.41 Å². The van der Waals surface area contributed by atoms with Crippen molar-refractivity contribution in [2.24, 2.45) is 5.10 Å². The van der Waals surface area contributed by atoms with Crippen LogP contribution in [0.25, 0.3) is 0 Å². The average molecular weight is 502 g/mol. The first-order valence-corrected chi connectivity index (χ1v) is 12.0. The summed E-state index contributed by atoms with van der Waals surface area (Å²) in [7, 11) is -2.56. The van der Waals surface area contributed by atoms with Crippen LogP contribution in [-0.2, 0) is 21.4 Å². The summed E-state index contributed by atoms with van der Waals surface area (Å²) in [6, 6.07) is 17.9. The number of aryl methyl sites for hydroxylation is 1. The van der Waals surface area contributed by atoms with Gasteiger partial charge in [-0.05, 0) is 48.9 Å². The van der Waals surface area contributed by atoms with Gasteiger partial charge in [0.15, 0.2) is 11.5 Å². The summed E-state index contributed by atoms with van der Waals surface area (Å²) in [5.74, 6) is -0.522. The molecule has 0 aliphatic carbocycles. The SMILES string of the molecule is COc1cccc(C=NNC(=O)CN(Cc2ccc(Cl)cc2)S(=O)(=O)c2ccc(C)cc2)c1O. The van der Waals surface area contributed by atoms with Crippen LogP contribution in [-0.4, -0.2) is 43.6 Å². The lowest BCUT2D eigenvalue weighted by atomic mass is 10.2. The van der Waals surface area contributed by atoms with Crippen LogP contribution in [0.4, 0.5) is 0 Å². The summed E-state index contributed by atoms with van der Waals surface area (Å²) in [4.78, 5) is 12.7. The molecule has 8 nitrogen and oxygen atoms in total. The lowest BCUT2D eigenvalue weighted by Crippen LogP contribution is -2.39. The number of para-hydroxylation sites is 1. The molecule has 3 rings (SSSR count). The Hall–Kier alpha value is -3.40. The van der Waals surface area contributed by atoms with Crippen LogP contribution in [0.5, 0.6) is 11.5 Å². The minimum atomic E-state index is -3.98. The lowest BCUT2D eigenvalue weighted by molar-refractivity contribution is -0.121. The smallest absolute Gasteiger partial charge is 0.255 e. The molecule has 0 fully saturated rings. The molecule has 3 aromatic carbocycles. The maximum Gasteiger partial charge on any atom is 0.255 e. The quantitative estimate of drug-likeness (QED) is 0.343. The highest BCUT2D eigenvalue weighted by atomic mass is 35.5.